The van der Waals surface area contributed by atoms with E-state index in [4.69, 9.17) is 22.1 Å². The molecule has 234 valence electrons. The topological polar surface area (TPSA) is 164 Å². The Hall–Kier alpha value is -5.05. The molecule has 1 fully saturated rings. The Kier molecular flexibility index (Phi) is 8.99. The summed E-state index contributed by atoms with van der Waals surface area (Å²) in [5.41, 5.74) is 6.33. The number of rotatable bonds is 10. The smallest absolute Gasteiger partial charge is 0.411 e. The van der Waals surface area contributed by atoms with Crippen LogP contribution in [0.15, 0.2) is 72.2 Å². The third-order valence-corrected chi connectivity index (χ3v) is 7.64. The van der Waals surface area contributed by atoms with Crippen molar-refractivity contribution in [1.82, 2.24) is 35.4 Å². The number of hydrogen-bond donors (Lipinski definition) is 3. The van der Waals surface area contributed by atoms with Gasteiger partial charge in [0.15, 0.2) is 17.6 Å². The Morgan fingerprint density at radius 2 is 1.87 bits per heavy atom. The zero-order valence-electron chi connectivity index (χ0n) is 23.7. The zero-order chi connectivity index (χ0) is 32.2. The molecular formula is C29H27ClF3N9O3. The molecule has 4 N–H and O–H groups in total. The number of carbonyl (C=O) groups is 2. The highest BCUT2D eigenvalue weighted by atomic mass is 35.5. The number of guanidine groups is 1. The number of aromatic nitrogens is 5. The van der Waals surface area contributed by atoms with E-state index in [2.05, 4.69) is 30.1 Å². The molecule has 12 nitrogen and oxygen atoms in total. The largest absolute Gasteiger partial charge is 0.447 e. The summed E-state index contributed by atoms with van der Waals surface area (Å²) in [5.74, 6) is 0.638. The molecule has 1 aliphatic carbocycles. The molecule has 1 aliphatic rings. The molecular weight excluding hydrogens is 615 g/mol. The van der Waals surface area contributed by atoms with Crippen LogP contribution < -0.4 is 11.1 Å². The second kappa shape index (κ2) is 12.9. The van der Waals surface area contributed by atoms with E-state index < -0.39 is 36.5 Å². The predicted molar refractivity (Wildman–Crippen MR) is 157 cm³/mol. The zero-order valence-corrected chi connectivity index (χ0v) is 24.5. The van der Waals surface area contributed by atoms with Gasteiger partial charge in [0.05, 0.1) is 17.1 Å². The van der Waals surface area contributed by atoms with Crippen LogP contribution in [0.25, 0.3) is 22.8 Å². The van der Waals surface area contributed by atoms with Crippen LogP contribution in [0, 0.1) is 0 Å². The molecule has 0 aliphatic heterocycles. The molecule has 2 atom stereocenters. The van der Waals surface area contributed by atoms with Crippen molar-refractivity contribution in [3.63, 3.8) is 0 Å². The van der Waals surface area contributed by atoms with Crippen molar-refractivity contribution in [2.75, 3.05) is 6.61 Å². The van der Waals surface area contributed by atoms with Gasteiger partial charge in [-0.15, -0.1) is 0 Å². The van der Waals surface area contributed by atoms with Gasteiger partial charge in [-0.25, -0.2) is 24.7 Å². The molecule has 2 unspecified atom stereocenters. The number of aromatic amines is 1. The van der Waals surface area contributed by atoms with Crippen molar-refractivity contribution in [2.24, 2.45) is 10.7 Å². The van der Waals surface area contributed by atoms with Crippen molar-refractivity contribution in [1.29, 1.82) is 0 Å². The minimum absolute atomic E-state index is 0.230. The number of H-pyrrole nitrogens is 1. The van der Waals surface area contributed by atoms with E-state index in [0.29, 0.717) is 34.2 Å². The summed E-state index contributed by atoms with van der Waals surface area (Å²) in [6.45, 7) is 1.20. The first-order valence-electron chi connectivity index (χ1n) is 13.6. The Morgan fingerprint density at radius 3 is 2.47 bits per heavy atom. The molecule has 2 heterocycles. The average Bonchev–Trinajstić information content (AvgIpc) is 3.62. The van der Waals surface area contributed by atoms with Gasteiger partial charge in [-0.3, -0.25) is 14.8 Å². The highest BCUT2D eigenvalue weighted by molar-refractivity contribution is 6.33. The number of nitrogens with two attached hydrogens (primary N) is 1. The normalized spacial score (nSPS) is 15.5. The number of nitrogens with one attached hydrogen (secondary N) is 2. The summed E-state index contributed by atoms with van der Waals surface area (Å²) < 4.78 is 45.4. The summed E-state index contributed by atoms with van der Waals surface area (Å²) in [5, 5.41) is 8.72. The quantitative estimate of drug-likeness (QED) is 0.124. The number of ether oxygens (including phenoxy) is 1. The minimum atomic E-state index is -4.64. The second-order valence-corrected chi connectivity index (χ2v) is 10.7. The molecule has 0 saturated heterocycles. The van der Waals surface area contributed by atoms with Gasteiger partial charge < -0.3 is 15.8 Å². The highest BCUT2D eigenvalue weighted by Crippen LogP contribution is 2.49. The summed E-state index contributed by atoms with van der Waals surface area (Å²) in [4.78, 5) is 43.0. The maximum Gasteiger partial charge on any atom is 0.411 e. The van der Waals surface area contributed by atoms with E-state index in [0.717, 1.165) is 16.0 Å². The van der Waals surface area contributed by atoms with Gasteiger partial charge in [0, 0.05) is 23.5 Å². The number of nitrogens with zero attached hydrogens (tertiary/aromatic N) is 6. The van der Waals surface area contributed by atoms with E-state index in [1.54, 1.807) is 37.5 Å². The second-order valence-electron chi connectivity index (χ2n) is 10.3. The molecule has 2 amide bonds. The summed E-state index contributed by atoms with van der Waals surface area (Å²) in [6.07, 6.45) is -1.50. The Bertz CT molecular complexity index is 1670. The van der Waals surface area contributed by atoms with Gasteiger partial charge in [-0.1, -0.05) is 41.9 Å². The number of carbonyl (C=O) groups excluding carboxylic acids is 2. The van der Waals surface area contributed by atoms with Crippen LogP contribution in [-0.4, -0.2) is 66.8 Å². The maximum absolute atomic E-state index is 13.4. The fourth-order valence-electron chi connectivity index (χ4n) is 4.58. The molecule has 1 saturated carbocycles. The SMILES string of the molecule is CC(N=C(N)N(C=O)C(COC(=O)NC1(C(F)(F)F)CC1)c1ccc(Cl)c(-c2ncn[nH]2)c1)c1ccc(-c2ncccn2)cc1. The molecule has 2 aromatic carbocycles. The van der Waals surface area contributed by atoms with Crippen LogP contribution in [0.1, 0.15) is 43.0 Å². The van der Waals surface area contributed by atoms with Crippen molar-refractivity contribution in [3.05, 3.63) is 83.4 Å². The van der Waals surface area contributed by atoms with Gasteiger partial charge in [0.1, 0.15) is 18.5 Å². The van der Waals surface area contributed by atoms with Gasteiger partial charge in [0.25, 0.3) is 0 Å². The first-order chi connectivity index (χ1) is 21.5. The number of benzene rings is 2. The van der Waals surface area contributed by atoms with Crippen molar-refractivity contribution in [2.45, 2.75) is 43.6 Å². The van der Waals surface area contributed by atoms with Crippen LogP contribution in [0.3, 0.4) is 0 Å². The lowest BCUT2D eigenvalue weighted by Crippen LogP contribution is -2.48. The molecule has 0 radical (unpaired) electrons. The number of aliphatic imine (C=N–C) groups is 1. The number of alkyl carbamates (subject to hydrolysis) is 1. The Morgan fingerprint density at radius 1 is 1.18 bits per heavy atom. The summed E-state index contributed by atoms with van der Waals surface area (Å²) >= 11 is 6.38. The van der Waals surface area contributed by atoms with Crippen molar-refractivity contribution in [3.8, 4) is 22.8 Å². The molecule has 0 bridgehead atoms. The molecule has 0 spiro atoms. The number of alkyl halides is 3. The van der Waals surface area contributed by atoms with Crippen LogP contribution in [0.5, 0.6) is 0 Å². The number of halogens is 4. The third-order valence-electron chi connectivity index (χ3n) is 7.31. The fraction of sp³-hybridized carbons (Fsp3) is 0.276. The van der Waals surface area contributed by atoms with Gasteiger partial charge in [0.2, 0.25) is 6.41 Å². The van der Waals surface area contributed by atoms with Crippen LogP contribution in [0.2, 0.25) is 5.02 Å². The van der Waals surface area contributed by atoms with Crippen LogP contribution >= 0.6 is 11.6 Å². The van der Waals surface area contributed by atoms with Crippen LogP contribution in [0.4, 0.5) is 18.0 Å². The molecule has 4 aromatic rings. The van der Waals surface area contributed by atoms with E-state index in [1.807, 2.05) is 29.6 Å². The Labute approximate surface area is 259 Å². The van der Waals surface area contributed by atoms with E-state index in [1.165, 1.54) is 12.4 Å². The lowest BCUT2D eigenvalue weighted by atomic mass is 10.0. The van der Waals surface area contributed by atoms with Crippen molar-refractivity contribution >= 4 is 30.1 Å². The number of amides is 2. The predicted octanol–water partition coefficient (Wildman–Crippen LogP) is 4.98. The molecule has 2 aromatic heterocycles. The summed E-state index contributed by atoms with van der Waals surface area (Å²) in [7, 11) is 0. The molecule has 16 heteroatoms. The first kappa shape index (κ1) is 31.4. The molecule has 45 heavy (non-hydrogen) atoms. The van der Waals surface area contributed by atoms with Gasteiger partial charge >= 0.3 is 12.3 Å². The Balaban J connectivity index is 1.41. The van der Waals surface area contributed by atoms with Gasteiger partial charge in [-0.2, -0.15) is 18.3 Å². The standard InChI is InChI=1S/C29H27ClF3N9O3/c1-17(18-3-5-19(6-4-18)24-35-11-2-12-36-24)39-26(34)42(16-43)23(14-45-27(44)40-28(9-10-28)29(31,32)33)20-7-8-22(30)21(13-20)25-37-15-38-41-25/h2-8,11-13,15-17,23H,9-10,14H2,1H3,(H2,34,39)(H,40,44)(H,37,38,41). The first-order valence-corrected chi connectivity index (χ1v) is 14.0. The fourth-order valence-corrected chi connectivity index (χ4v) is 4.79. The summed E-state index contributed by atoms with van der Waals surface area (Å²) in [6, 6.07) is 12.0. The van der Waals surface area contributed by atoms with Crippen molar-refractivity contribution < 1.29 is 27.5 Å². The lowest BCUT2D eigenvalue weighted by Gasteiger charge is -2.29. The van der Waals surface area contributed by atoms with E-state index >= 15 is 0 Å². The minimum Gasteiger partial charge on any atom is -0.447 e. The molecule has 5 rings (SSSR count). The number of hydrogen-bond acceptors (Lipinski definition) is 8. The van der Waals surface area contributed by atoms with Crippen LogP contribution in [-0.2, 0) is 9.53 Å². The van der Waals surface area contributed by atoms with E-state index in [-0.39, 0.29) is 18.8 Å². The van der Waals surface area contributed by atoms with Gasteiger partial charge in [-0.05, 0) is 49.1 Å². The lowest BCUT2D eigenvalue weighted by molar-refractivity contribution is -0.164. The monoisotopic (exact) mass is 641 g/mol. The maximum atomic E-state index is 13.4. The third kappa shape index (κ3) is 7.03. The average molecular weight is 642 g/mol. The van der Waals surface area contributed by atoms with E-state index in [9.17, 15) is 22.8 Å². The highest BCUT2D eigenvalue weighted by Gasteiger charge is 2.64.